The number of carbonyl (C=O) groups excluding carboxylic acids is 1. The summed E-state index contributed by atoms with van der Waals surface area (Å²) < 4.78 is 1.58. The third-order valence-corrected chi connectivity index (χ3v) is 6.24. The van der Waals surface area contributed by atoms with Crippen molar-refractivity contribution in [1.29, 1.82) is 0 Å². The summed E-state index contributed by atoms with van der Waals surface area (Å²) in [5.41, 5.74) is 3.18. The highest BCUT2D eigenvalue weighted by Crippen LogP contribution is 2.24. The Balaban J connectivity index is 1.58. The van der Waals surface area contributed by atoms with E-state index in [1.807, 2.05) is 61.5 Å². The minimum atomic E-state index is -0.187. The minimum absolute atomic E-state index is 0.109. The molecule has 1 N–H and O–H groups in total. The van der Waals surface area contributed by atoms with Crippen LogP contribution in [-0.4, -0.2) is 27.8 Å². The third kappa shape index (κ3) is 5.03. The number of rotatable bonds is 7. The fourth-order valence-electron chi connectivity index (χ4n) is 3.43. The Kier molecular flexibility index (Phi) is 6.93. The lowest BCUT2D eigenvalue weighted by Gasteiger charge is -2.15. The SMILES string of the molecule is Cc1ccccc1-n1c(SCC(=O)NCCc2ccccc2)nc2cc(Cl)ccc2c1=O. The van der Waals surface area contributed by atoms with Crippen LogP contribution in [0.15, 0.2) is 82.7 Å². The molecule has 0 saturated heterocycles. The molecule has 0 unspecified atom stereocenters. The third-order valence-electron chi connectivity index (χ3n) is 5.07. The van der Waals surface area contributed by atoms with Gasteiger partial charge in [-0.25, -0.2) is 4.98 Å². The summed E-state index contributed by atoms with van der Waals surface area (Å²) in [4.78, 5) is 30.5. The van der Waals surface area contributed by atoms with Crippen LogP contribution < -0.4 is 10.9 Å². The lowest BCUT2D eigenvalue weighted by Crippen LogP contribution is -2.28. The molecule has 0 aliphatic carbocycles. The van der Waals surface area contributed by atoms with E-state index >= 15 is 0 Å². The van der Waals surface area contributed by atoms with Gasteiger partial charge in [0.2, 0.25) is 5.91 Å². The van der Waals surface area contributed by atoms with Crippen LogP contribution in [0.25, 0.3) is 16.6 Å². The van der Waals surface area contributed by atoms with E-state index in [9.17, 15) is 9.59 Å². The van der Waals surface area contributed by atoms with Crippen LogP contribution in [0.2, 0.25) is 5.02 Å². The van der Waals surface area contributed by atoms with E-state index in [0.717, 1.165) is 17.7 Å². The van der Waals surface area contributed by atoms with Gasteiger partial charge in [0.25, 0.3) is 5.56 Å². The number of benzene rings is 3. The minimum Gasteiger partial charge on any atom is -0.355 e. The Bertz CT molecular complexity index is 1320. The Hall–Kier alpha value is -3.09. The second-order valence-corrected chi connectivity index (χ2v) is 8.74. The first-order valence-electron chi connectivity index (χ1n) is 10.2. The lowest BCUT2D eigenvalue weighted by atomic mass is 10.1. The first-order valence-corrected chi connectivity index (χ1v) is 11.6. The Labute approximate surface area is 195 Å². The molecule has 0 fully saturated rings. The van der Waals surface area contributed by atoms with Crippen LogP contribution >= 0.6 is 23.4 Å². The molecule has 0 bridgehead atoms. The molecule has 4 rings (SSSR count). The van der Waals surface area contributed by atoms with Crippen molar-refractivity contribution in [1.82, 2.24) is 14.9 Å². The Morgan fingerprint density at radius 1 is 1.06 bits per heavy atom. The Morgan fingerprint density at radius 3 is 2.59 bits per heavy atom. The maximum Gasteiger partial charge on any atom is 0.266 e. The van der Waals surface area contributed by atoms with Gasteiger partial charge >= 0.3 is 0 Å². The molecule has 4 aromatic rings. The fraction of sp³-hybridized carbons (Fsp3) is 0.160. The molecule has 0 saturated carbocycles. The van der Waals surface area contributed by atoms with Crippen LogP contribution in [0.5, 0.6) is 0 Å². The fourth-order valence-corrected chi connectivity index (χ4v) is 4.44. The summed E-state index contributed by atoms with van der Waals surface area (Å²) in [6.07, 6.45) is 0.762. The molecule has 7 heteroatoms. The monoisotopic (exact) mass is 463 g/mol. The normalized spacial score (nSPS) is 10.9. The number of amides is 1. The van der Waals surface area contributed by atoms with Crippen molar-refractivity contribution in [3.05, 3.63) is 99.3 Å². The average Bonchev–Trinajstić information content (AvgIpc) is 2.79. The number of nitrogens with one attached hydrogen (secondary N) is 1. The van der Waals surface area contributed by atoms with Gasteiger partial charge in [-0.05, 0) is 48.7 Å². The molecule has 1 aromatic heterocycles. The van der Waals surface area contributed by atoms with Gasteiger partial charge < -0.3 is 5.32 Å². The van der Waals surface area contributed by atoms with Crippen LogP contribution in [0.3, 0.4) is 0 Å². The Morgan fingerprint density at radius 2 is 1.81 bits per heavy atom. The summed E-state index contributed by atoms with van der Waals surface area (Å²) in [7, 11) is 0. The van der Waals surface area contributed by atoms with E-state index in [1.54, 1.807) is 22.8 Å². The van der Waals surface area contributed by atoms with Crippen molar-refractivity contribution in [2.24, 2.45) is 0 Å². The average molecular weight is 464 g/mol. The highest BCUT2D eigenvalue weighted by atomic mass is 35.5. The zero-order chi connectivity index (χ0) is 22.5. The summed E-state index contributed by atoms with van der Waals surface area (Å²) >= 11 is 7.36. The summed E-state index contributed by atoms with van der Waals surface area (Å²) in [6, 6.07) is 22.7. The topological polar surface area (TPSA) is 64.0 Å². The van der Waals surface area contributed by atoms with Crippen molar-refractivity contribution in [2.75, 3.05) is 12.3 Å². The van der Waals surface area contributed by atoms with Gasteiger partial charge in [0.15, 0.2) is 5.16 Å². The first-order chi connectivity index (χ1) is 15.5. The van der Waals surface area contributed by atoms with Crippen molar-refractivity contribution in [3.63, 3.8) is 0 Å². The van der Waals surface area contributed by atoms with Gasteiger partial charge in [0.1, 0.15) is 0 Å². The summed E-state index contributed by atoms with van der Waals surface area (Å²) in [6.45, 7) is 2.49. The molecular weight excluding hydrogens is 442 g/mol. The second kappa shape index (κ2) is 10.0. The van der Waals surface area contributed by atoms with E-state index in [2.05, 4.69) is 10.3 Å². The molecule has 0 aliphatic rings. The highest BCUT2D eigenvalue weighted by Gasteiger charge is 2.16. The first kappa shape index (κ1) is 22.1. The van der Waals surface area contributed by atoms with E-state index in [0.29, 0.717) is 27.6 Å². The number of nitrogens with zero attached hydrogens (tertiary/aromatic N) is 2. The maximum atomic E-state index is 13.4. The van der Waals surface area contributed by atoms with E-state index in [1.165, 1.54) is 17.3 Å². The number of para-hydroxylation sites is 1. The molecular formula is C25H22ClN3O2S. The molecule has 1 amide bonds. The number of carbonyl (C=O) groups is 1. The van der Waals surface area contributed by atoms with Crippen LogP contribution in [0.1, 0.15) is 11.1 Å². The van der Waals surface area contributed by atoms with Gasteiger partial charge in [-0.3, -0.25) is 14.2 Å². The number of hydrogen-bond donors (Lipinski definition) is 1. The maximum absolute atomic E-state index is 13.4. The molecule has 32 heavy (non-hydrogen) atoms. The second-order valence-electron chi connectivity index (χ2n) is 7.36. The largest absolute Gasteiger partial charge is 0.355 e. The van der Waals surface area contributed by atoms with E-state index in [-0.39, 0.29) is 17.2 Å². The van der Waals surface area contributed by atoms with Gasteiger partial charge in [0, 0.05) is 11.6 Å². The van der Waals surface area contributed by atoms with Crippen molar-refractivity contribution in [3.8, 4) is 5.69 Å². The molecule has 162 valence electrons. The molecule has 0 atom stereocenters. The summed E-state index contributed by atoms with van der Waals surface area (Å²) in [5, 5.41) is 4.38. The van der Waals surface area contributed by atoms with Gasteiger partial charge in [-0.15, -0.1) is 0 Å². The number of hydrogen-bond acceptors (Lipinski definition) is 4. The van der Waals surface area contributed by atoms with E-state index < -0.39 is 0 Å². The predicted molar refractivity (Wildman–Crippen MR) is 131 cm³/mol. The number of halogens is 1. The van der Waals surface area contributed by atoms with Crippen LogP contribution in [-0.2, 0) is 11.2 Å². The highest BCUT2D eigenvalue weighted by molar-refractivity contribution is 7.99. The summed E-state index contributed by atoms with van der Waals surface area (Å²) in [5.74, 6) is 0.0434. The smallest absolute Gasteiger partial charge is 0.266 e. The standard InChI is InChI=1S/C25H22ClN3O2S/c1-17-7-5-6-10-22(17)29-24(31)20-12-11-19(26)15-21(20)28-25(29)32-16-23(30)27-14-13-18-8-3-2-4-9-18/h2-12,15H,13-14,16H2,1H3,(H,27,30). The molecule has 1 heterocycles. The lowest BCUT2D eigenvalue weighted by molar-refractivity contribution is -0.118. The molecule has 5 nitrogen and oxygen atoms in total. The van der Waals surface area contributed by atoms with Crippen molar-refractivity contribution < 1.29 is 4.79 Å². The van der Waals surface area contributed by atoms with Crippen LogP contribution in [0, 0.1) is 6.92 Å². The van der Waals surface area contributed by atoms with Gasteiger partial charge in [-0.1, -0.05) is 71.9 Å². The number of aromatic nitrogens is 2. The predicted octanol–water partition coefficient (Wildman–Crippen LogP) is 4.80. The number of aryl methyl sites for hydroxylation is 1. The van der Waals surface area contributed by atoms with Gasteiger partial charge in [-0.2, -0.15) is 0 Å². The molecule has 0 radical (unpaired) electrons. The quantitative estimate of drug-likeness (QED) is 0.316. The molecule has 0 aliphatic heterocycles. The van der Waals surface area contributed by atoms with Crippen molar-refractivity contribution >= 4 is 40.2 Å². The number of fused-ring (bicyclic) bond motifs is 1. The molecule has 0 spiro atoms. The van der Waals surface area contributed by atoms with Crippen molar-refractivity contribution in [2.45, 2.75) is 18.5 Å². The molecule has 3 aromatic carbocycles. The van der Waals surface area contributed by atoms with Gasteiger partial charge in [0.05, 0.1) is 22.3 Å². The zero-order valence-corrected chi connectivity index (χ0v) is 19.1. The number of thioether (sulfide) groups is 1. The van der Waals surface area contributed by atoms with E-state index in [4.69, 9.17) is 11.6 Å². The zero-order valence-electron chi connectivity index (χ0n) is 17.5. The van der Waals surface area contributed by atoms with Crippen LogP contribution in [0.4, 0.5) is 0 Å².